The highest BCUT2D eigenvalue weighted by atomic mass is 31.2. The number of aliphatic imine (C=N–C) groups is 1. The molecular formula is C19H42N3O6P. The van der Waals surface area contributed by atoms with Gasteiger partial charge in [-0.25, -0.2) is 0 Å². The first-order chi connectivity index (χ1) is 15.9. The minimum absolute atomic E-state index is 0.0901. The standard InChI is InChI=1S/C17H34N3O4P.2CH4O/c1-5-8-10-16(21)19-12-15(13-20-17(22)11-9-6-2)24-25(4)23-14-18-7-3;2*1-2/h14-15H,5-13H2,1-4H3,(H,19,21)(H,20,22);2*2H,1H3/i1D,2D;2*2T. The zero-order valence-electron chi connectivity index (χ0n) is 22.3. The number of nitrogens with one attached hydrogen (secondary N) is 2. The fraction of sp³-hybridized carbons (Fsp3) is 0.842. The zero-order chi connectivity index (χ0) is 25.7. The van der Waals surface area contributed by atoms with Crippen LogP contribution in [0.2, 0.25) is 0 Å². The van der Waals surface area contributed by atoms with Crippen LogP contribution >= 0.6 is 8.38 Å². The highest BCUT2D eigenvalue weighted by molar-refractivity contribution is 7.46. The van der Waals surface area contributed by atoms with Crippen molar-refractivity contribution in [1.82, 2.24) is 10.6 Å². The predicted molar refractivity (Wildman–Crippen MR) is 119 cm³/mol. The molecule has 2 amide bonds. The Hall–Kier alpha value is -1.28. The van der Waals surface area contributed by atoms with Gasteiger partial charge in [-0.3, -0.25) is 14.6 Å². The van der Waals surface area contributed by atoms with Crippen molar-refractivity contribution in [2.24, 2.45) is 4.99 Å². The van der Waals surface area contributed by atoms with Gasteiger partial charge in [0.15, 0.2) is 6.40 Å². The van der Waals surface area contributed by atoms with Gasteiger partial charge in [-0.15, -0.1) is 0 Å². The molecule has 0 aliphatic heterocycles. The molecule has 0 bridgehead atoms. The quantitative estimate of drug-likeness (QED) is 0.132. The fourth-order valence-electron chi connectivity index (χ4n) is 1.76. The number of aliphatic hydroxyl groups excluding tert-OH is 2. The highest BCUT2D eigenvalue weighted by Gasteiger charge is 2.17. The summed E-state index contributed by atoms with van der Waals surface area (Å²) in [5, 5.41) is 12.6. The van der Waals surface area contributed by atoms with Gasteiger partial charge in [-0.2, -0.15) is 0 Å². The molecule has 0 aromatic heterocycles. The molecule has 0 aromatic carbocycles. The van der Waals surface area contributed by atoms with Gasteiger partial charge in [-0.1, -0.05) is 26.6 Å². The van der Waals surface area contributed by atoms with Crippen molar-refractivity contribution in [3.63, 3.8) is 0 Å². The molecule has 0 aromatic rings. The maximum Gasteiger partial charge on any atom is 0.228 e. The SMILES string of the molecule is [2H]CCCCC(=O)NCC(CNC(=O)CCCC[2H])OP(C)OC=NCC.[3H]OC.[3H]OC. The lowest BCUT2D eigenvalue weighted by molar-refractivity contribution is -0.121. The van der Waals surface area contributed by atoms with Crippen molar-refractivity contribution >= 4 is 26.6 Å². The van der Waals surface area contributed by atoms with Crippen LogP contribution in [0.3, 0.4) is 0 Å². The monoisotopic (exact) mass is 445 g/mol. The van der Waals surface area contributed by atoms with Gasteiger partial charge < -0.3 is 29.9 Å². The summed E-state index contributed by atoms with van der Waals surface area (Å²) in [6, 6.07) is 0. The second kappa shape index (κ2) is 26.7. The first-order valence-electron chi connectivity index (χ1n) is 11.8. The topological polar surface area (TPSA) is 129 Å². The summed E-state index contributed by atoms with van der Waals surface area (Å²) in [7, 11) is 1.36. The summed E-state index contributed by atoms with van der Waals surface area (Å²) in [5.74, 6) is -0.180. The third kappa shape index (κ3) is 24.7. The van der Waals surface area contributed by atoms with E-state index in [9.17, 15) is 9.59 Å². The maximum atomic E-state index is 11.9. The Labute approximate surface area is 183 Å². The maximum absolute atomic E-state index is 11.9. The third-order valence-electron chi connectivity index (χ3n) is 3.11. The smallest absolute Gasteiger partial charge is 0.228 e. The zero-order valence-corrected chi connectivity index (χ0v) is 19.2. The van der Waals surface area contributed by atoms with Crippen LogP contribution in [0.15, 0.2) is 4.99 Å². The Kier molecular flexibility index (Phi) is 22.1. The second-order valence-electron chi connectivity index (χ2n) is 5.40. The molecule has 174 valence electrons. The van der Waals surface area contributed by atoms with Crippen molar-refractivity contribution in [3.05, 3.63) is 0 Å². The van der Waals surface area contributed by atoms with Gasteiger partial charge in [0.05, 0.1) is 6.10 Å². The molecule has 0 saturated carbocycles. The van der Waals surface area contributed by atoms with Gasteiger partial charge >= 0.3 is 0 Å². The minimum Gasteiger partial charge on any atom is -0.437 e. The Balaban J connectivity index is -0.00000134. The van der Waals surface area contributed by atoms with Gasteiger partial charge in [0.1, 0.15) is 0 Å². The van der Waals surface area contributed by atoms with Gasteiger partial charge in [0.25, 0.3) is 0 Å². The molecule has 1 unspecified atom stereocenters. The third-order valence-corrected chi connectivity index (χ3v) is 4.10. The van der Waals surface area contributed by atoms with Crippen LogP contribution < -0.4 is 10.6 Å². The lowest BCUT2D eigenvalue weighted by atomic mass is 10.2. The Morgan fingerprint density at radius 2 is 1.66 bits per heavy atom. The largest absolute Gasteiger partial charge is 0.437 e. The van der Waals surface area contributed by atoms with Gasteiger partial charge in [-0.05, 0) is 19.8 Å². The highest BCUT2D eigenvalue weighted by Crippen LogP contribution is 2.33. The van der Waals surface area contributed by atoms with Crippen LogP contribution in [-0.2, 0) is 18.6 Å². The van der Waals surface area contributed by atoms with Crippen LogP contribution in [0.25, 0.3) is 0 Å². The van der Waals surface area contributed by atoms with Crippen LogP contribution in [0.1, 0.15) is 62.0 Å². The van der Waals surface area contributed by atoms with Crippen LogP contribution in [0.5, 0.6) is 0 Å². The lowest BCUT2D eigenvalue weighted by Crippen LogP contribution is -2.40. The van der Waals surface area contributed by atoms with E-state index in [0.29, 0.717) is 58.9 Å². The molecule has 0 fully saturated rings. The number of nitrogens with zero attached hydrogens (tertiary/aromatic N) is 1. The average Bonchev–Trinajstić information content (AvgIpc) is 2.77. The summed E-state index contributed by atoms with van der Waals surface area (Å²) >= 11 is 0. The molecule has 1 atom stereocenters. The number of hydrogen-bond acceptors (Lipinski definition) is 7. The van der Waals surface area contributed by atoms with Crippen LogP contribution in [0, 0.1) is 0 Å². The van der Waals surface area contributed by atoms with E-state index < -0.39 is 14.5 Å². The molecule has 0 saturated heterocycles. The normalized spacial score (nSPS) is 12.9. The number of rotatable bonds is 15. The molecule has 0 rings (SSSR count). The Morgan fingerprint density at radius 3 is 2.07 bits per heavy atom. The summed E-state index contributed by atoms with van der Waals surface area (Å²) in [5.41, 5.74) is 0. The summed E-state index contributed by atoms with van der Waals surface area (Å²) < 4.78 is 36.8. The minimum atomic E-state index is -1.22. The van der Waals surface area contributed by atoms with Crippen molar-refractivity contribution in [3.8, 4) is 0 Å². The van der Waals surface area contributed by atoms with E-state index in [4.69, 9.17) is 14.7 Å². The Morgan fingerprint density at radius 1 is 1.17 bits per heavy atom. The van der Waals surface area contributed by atoms with Crippen LogP contribution in [0.4, 0.5) is 0 Å². The van der Waals surface area contributed by atoms with Crippen molar-refractivity contribution < 1.29 is 31.6 Å². The van der Waals surface area contributed by atoms with E-state index in [0.717, 1.165) is 0 Å². The summed E-state index contributed by atoms with van der Waals surface area (Å²) in [4.78, 5) is 27.7. The molecule has 9 nitrogen and oxygen atoms in total. The number of aliphatic hydroxyl groups is 2. The van der Waals surface area contributed by atoms with Crippen molar-refractivity contribution in [2.45, 2.75) is 65.4 Å². The summed E-state index contributed by atoms with van der Waals surface area (Å²) in [6.07, 6.45) is 4.49. The van der Waals surface area contributed by atoms with Gasteiger partial charge in [0.2, 0.25) is 23.1 Å². The lowest BCUT2D eigenvalue weighted by Gasteiger charge is -2.21. The first kappa shape index (κ1) is 24.0. The van der Waals surface area contributed by atoms with E-state index in [2.05, 4.69) is 25.8 Å². The second-order valence-corrected chi connectivity index (χ2v) is 6.70. The van der Waals surface area contributed by atoms with E-state index >= 15 is 0 Å². The molecule has 0 aliphatic rings. The number of amides is 2. The average molecular weight is 446 g/mol. The van der Waals surface area contributed by atoms with E-state index in [1.165, 1.54) is 20.6 Å². The summed E-state index contributed by atoms with van der Waals surface area (Å²) in [6.45, 7) is 5.49. The number of carbonyl (C=O) groups is 2. The molecule has 0 aliphatic carbocycles. The molecule has 0 heterocycles. The van der Waals surface area contributed by atoms with Crippen LogP contribution in [-0.4, -0.2) is 77.9 Å². The molecule has 10 heteroatoms. The fourth-order valence-corrected chi connectivity index (χ4v) is 2.58. The molecule has 0 radical (unpaired) electrons. The molecule has 29 heavy (non-hydrogen) atoms. The number of carbonyl (C=O) groups excluding carboxylic acids is 2. The van der Waals surface area contributed by atoms with Crippen molar-refractivity contribution in [1.29, 1.82) is 2.86 Å². The van der Waals surface area contributed by atoms with E-state index in [-0.39, 0.29) is 24.9 Å². The van der Waals surface area contributed by atoms with Crippen molar-refractivity contribution in [2.75, 3.05) is 40.5 Å². The van der Waals surface area contributed by atoms with E-state index in [1.54, 1.807) is 6.66 Å². The van der Waals surface area contributed by atoms with E-state index in [1.807, 2.05) is 6.92 Å². The number of unbranched alkanes of at least 4 members (excludes halogenated alkanes) is 2. The molecule has 0 spiro atoms. The Bertz CT molecular complexity index is 443. The van der Waals surface area contributed by atoms with Gasteiger partial charge in [0, 0.05) is 56.1 Å². The first-order valence-corrected chi connectivity index (χ1v) is 11.1. The number of hydrogen-bond donors (Lipinski definition) is 4. The predicted octanol–water partition coefficient (Wildman–Crippen LogP) is 2.21. The molecule has 4 N–H and O–H groups in total. The molecular weight excluding hydrogens is 397 g/mol.